The lowest BCUT2D eigenvalue weighted by Gasteiger charge is -2.14. The van der Waals surface area contributed by atoms with Crippen molar-refractivity contribution >= 4 is 11.6 Å². The van der Waals surface area contributed by atoms with E-state index < -0.39 is 0 Å². The van der Waals surface area contributed by atoms with Gasteiger partial charge in [-0.05, 0) is 37.1 Å². The molecule has 19 heavy (non-hydrogen) atoms. The molecule has 1 nitrogen and oxygen atoms in total. The van der Waals surface area contributed by atoms with Crippen molar-refractivity contribution in [3.8, 4) is 0 Å². The second-order valence-corrected chi connectivity index (χ2v) is 5.17. The molecule has 0 radical (unpaired) electrons. The van der Waals surface area contributed by atoms with Gasteiger partial charge in [0.1, 0.15) is 5.82 Å². The fourth-order valence-electron chi connectivity index (χ4n) is 1.89. The molecule has 1 atom stereocenters. The van der Waals surface area contributed by atoms with Crippen molar-refractivity contribution < 1.29 is 4.39 Å². The lowest BCUT2D eigenvalue weighted by molar-refractivity contribution is 0.573. The first-order chi connectivity index (χ1) is 9.06. The molecule has 2 aromatic rings. The van der Waals surface area contributed by atoms with Crippen LogP contribution in [-0.2, 0) is 6.54 Å². The number of benzene rings is 2. The fraction of sp³-hybridized carbons (Fsp3) is 0.250. The quantitative estimate of drug-likeness (QED) is 0.858. The maximum absolute atomic E-state index is 13.0. The van der Waals surface area contributed by atoms with Crippen molar-refractivity contribution in [1.29, 1.82) is 0 Å². The van der Waals surface area contributed by atoms with Gasteiger partial charge in [-0.3, -0.25) is 0 Å². The molecule has 0 fully saturated rings. The molecule has 0 aliphatic carbocycles. The maximum atomic E-state index is 13.0. The average Bonchev–Trinajstić information content (AvgIpc) is 2.40. The van der Waals surface area contributed by atoms with Gasteiger partial charge in [-0.1, -0.05) is 47.5 Å². The molecule has 2 rings (SSSR count). The molecule has 0 bridgehead atoms. The number of aryl methyl sites for hydroxylation is 1. The number of nitrogens with one attached hydrogen (secondary N) is 1. The van der Waals surface area contributed by atoms with Crippen LogP contribution in [0.25, 0.3) is 0 Å². The molecule has 0 saturated heterocycles. The van der Waals surface area contributed by atoms with Gasteiger partial charge in [0.2, 0.25) is 0 Å². The number of hydrogen-bond donors (Lipinski definition) is 1. The molecule has 0 saturated carbocycles. The van der Waals surface area contributed by atoms with E-state index in [1.165, 1.54) is 17.2 Å². The maximum Gasteiger partial charge on any atom is 0.141 e. The summed E-state index contributed by atoms with van der Waals surface area (Å²) in [5, 5.41) is 3.57. The molecule has 3 heteroatoms. The summed E-state index contributed by atoms with van der Waals surface area (Å²) in [6.45, 7) is 4.84. The van der Waals surface area contributed by atoms with E-state index in [-0.39, 0.29) is 16.9 Å². The van der Waals surface area contributed by atoms with E-state index in [4.69, 9.17) is 11.6 Å². The zero-order chi connectivity index (χ0) is 13.8. The minimum atomic E-state index is -0.378. The van der Waals surface area contributed by atoms with Crippen LogP contribution < -0.4 is 5.32 Å². The second-order valence-electron chi connectivity index (χ2n) is 4.76. The Morgan fingerprint density at radius 3 is 2.47 bits per heavy atom. The Morgan fingerprint density at radius 1 is 1.16 bits per heavy atom. The van der Waals surface area contributed by atoms with Crippen LogP contribution in [0.1, 0.15) is 29.7 Å². The summed E-state index contributed by atoms with van der Waals surface area (Å²) >= 11 is 5.76. The molecular formula is C16H17ClFN. The smallest absolute Gasteiger partial charge is 0.141 e. The first-order valence-corrected chi connectivity index (χ1v) is 6.68. The van der Waals surface area contributed by atoms with E-state index in [0.717, 1.165) is 5.56 Å². The van der Waals surface area contributed by atoms with Crippen LogP contribution in [0, 0.1) is 12.7 Å². The molecule has 0 aliphatic rings. The largest absolute Gasteiger partial charge is 0.306 e. The predicted octanol–water partition coefficient (Wildman–Crippen LogP) is 4.64. The highest BCUT2D eigenvalue weighted by molar-refractivity contribution is 6.30. The molecule has 0 aliphatic heterocycles. The van der Waals surface area contributed by atoms with Gasteiger partial charge in [0.05, 0.1) is 5.02 Å². The SMILES string of the molecule is Cc1ccc([C@@H](C)NCc2ccc(F)c(Cl)c2)cc1. The van der Waals surface area contributed by atoms with Crippen molar-refractivity contribution in [1.82, 2.24) is 5.32 Å². The van der Waals surface area contributed by atoms with Crippen LogP contribution in [0.5, 0.6) is 0 Å². The molecule has 0 unspecified atom stereocenters. The molecule has 100 valence electrons. The molecule has 1 N–H and O–H groups in total. The van der Waals surface area contributed by atoms with Crippen LogP contribution >= 0.6 is 11.6 Å². The number of hydrogen-bond acceptors (Lipinski definition) is 1. The number of halogens is 2. The summed E-state index contributed by atoms with van der Waals surface area (Å²) in [5.41, 5.74) is 3.46. The standard InChI is InChI=1S/C16H17ClFN/c1-11-3-6-14(7-4-11)12(2)19-10-13-5-8-16(18)15(17)9-13/h3-9,12,19H,10H2,1-2H3/t12-/m1/s1. The van der Waals surface area contributed by atoms with Crippen molar-refractivity contribution in [2.75, 3.05) is 0 Å². The van der Waals surface area contributed by atoms with Gasteiger partial charge in [0.15, 0.2) is 0 Å². The Hall–Kier alpha value is -1.38. The Balaban J connectivity index is 1.98. The Morgan fingerprint density at radius 2 is 1.84 bits per heavy atom. The minimum Gasteiger partial charge on any atom is -0.306 e. The minimum absolute atomic E-state index is 0.169. The van der Waals surface area contributed by atoms with Crippen LogP contribution in [0.4, 0.5) is 4.39 Å². The zero-order valence-electron chi connectivity index (χ0n) is 11.1. The normalized spacial score (nSPS) is 12.4. The Kier molecular flexibility index (Phi) is 4.56. The molecule has 0 amide bonds. The molecular weight excluding hydrogens is 261 g/mol. The van der Waals surface area contributed by atoms with E-state index in [9.17, 15) is 4.39 Å². The third-order valence-electron chi connectivity index (χ3n) is 3.17. The molecule has 0 aromatic heterocycles. The van der Waals surface area contributed by atoms with Gasteiger partial charge in [0.25, 0.3) is 0 Å². The van der Waals surface area contributed by atoms with E-state index >= 15 is 0 Å². The van der Waals surface area contributed by atoms with E-state index in [2.05, 4.69) is 43.4 Å². The summed E-state index contributed by atoms with van der Waals surface area (Å²) in [6, 6.07) is 13.5. The van der Waals surface area contributed by atoms with Crippen LogP contribution in [0.3, 0.4) is 0 Å². The summed E-state index contributed by atoms with van der Waals surface area (Å²) in [7, 11) is 0. The highest BCUT2D eigenvalue weighted by Crippen LogP contribution is 2.18. The summed E-state index contributed by atoms with van der Waals surface area (Å²) in [4.78, 5) is 0. The molecule has 2 aromatic carbocycles. The second kappa shape index (κ2) is 6.18. The van der Waals surface area contributed by atoms with Crippen LogP contribution in [0.15, 0.2) is 42.5 Å². The van der Waals surface area contributed by atoms with Crippen molar-refractivity contribution in [3.63, 3.8) is 0 Å². The highest BCUT2D eigenvalue weighted by Gasteiger charge is 2.06. The summed E-state index contributed by atoms with van der Waals surface area (Å²) in [5.74, 6) is -0.378. The lowest BCUT2D eigenvalue weighted by Crippen LogP contribution is -2.18. The molecule has 0 heterocycles. The van der Waals surface area contributed by atoms with Gasteiger partial charge < -0.3 is 5.32 Å². The third-order valence-corrected chi connectivity index (χ3v) is 3.46. The Labute approximate surface area is 118 Å². The first-order valence-electron chi connectivity index (χ1n) is 6.30. The van der Waals surface area contributed by atoms with Gasteiger partial charge in [-0.15, -0.1) is 0 Å². The van der Waals surface area contributed by atoms with Crippen LogP contribution in [0.2, 0.25) is 5.02 Å². The van der Waals surface area contributed by atoms with E-state index in [0.29, 0.717) is 6.54 Å². The van der Waals surface area contributed by atoms with Crippen molar-refractivity contribution in [2.24, 2.45) is 0 Å². The topological polar surface area (TPSA) is 12.0 Å². The van der Waals surface area contributed by atoms with Crippen LogP contribution in [-0.4, -0.2) is 0 Å². The van der Waals surface area contributed by atoms with E-state index in [1.54, 1.807) is 12.1 Å². The summed E-state index contributed by atoms with van der Waals surface area (Å²) in [6.07, 6.45) is 0. The van der Waals surface area contributed by atoms with Gasteiger partial charge in [-0.2, -0.15) is 0 Å². The highest BCUT2D eigenvalue weighted by atomic mass is 35.5. The Bertz CT molecular complexity index is 551. The van der Waals surface area contributed by atoms with Gasteiger partial charge in [0, 0.05) is 12.6 Å². The lowest BCUT2D eigenvalue weighted by atomic mass is 10.1. The van der Waals surface area contributed by atoms with Crippen molar-refractivity contribution in [3.05, 3.63) is 70.0 Å². The molecule has 0 spiro atoms. The first kappa shape index (κ1) is 14.0. The zero-order valence-corrected chi connectivity index (χ0v) is 11.8. The van der Waals surface area contributed by atoms with Gasteiger partial charge in [-0.25, -0.2) is 4.39 Å². The third kappa shape index (κ3) is 3.79. The van der Waals surface area contributed by atoms with Crippen molar-refractivity contribution in [2.45, 2.75) is 26.4 Å². The monoisotopic (exact) mass is 277 g/mol. The predicted molar refractivity (Wildman–Crippen MR) is 77.8 cm³/mol. The fourth-order valence-corrected chi connectivity index (χ4v) is 2.10. The van der Waals surface area contributed by atoms with E-state index in [1.807, 2.05) is 0 Å². The summed E-state index contributed by atoms with van der Waals surface area (Å²) < 4.78 is 13.0. The average molecular weight is 278 g/mol. The van der Waals surface area contributed by atoms with Gasteiger partial charge >= 0.3 is 0 Å². The number of rotatable bonds is 4.